The van der Waals surface area contributed by atoms with Gasteiger partial charge in [-0.15, -0.1) is 0 Å². The summed E-state index contributed by atoms with van der Waals surface area (Å²) in [5, 5.41) is 10.2. The highest BCUT2D eigenvalue weighted by atomic mass is 14.9. The topological polar surface area (TPSA) is 65.6 Å². The number of hydrogen-bond acceptors (Lipinski definition) is 2. The van der Waals surface area contributed by atoms with Gasteiger partial charge in [0.05, 0.1) is 0 Å². The Kier molecular flexibility index (Phi) is 2.70. The number of benzene rings is 2. The Balaban J connectivity index is 2.17. The van der Waals surface area contributed by atoms with Crippen molar-refractivity contribution in [1.82, 2.24) is 4.98 Å². The molecule has 0 fully saturated rings. The Morgan fingerprint density at radius 2 is 1.84 bits per heavy atom. The van der Waals surface area contributed by atoms with E-state index in [4.69, 9.17) is 5.73 Å². The molecule has 92 valence electrons. The SMILES string of the molecule is N#Cc1c(N)[nH]c2cccc(Cc3ccccc3)c12. The molecule has 3 heteroatoms. The Morgan fingerprint density at radius 3 is 2.58 bits per heavy atom. The molecule has 1 heterocycles. The fourth-order valence-electron chi connectivity index (χ4n) is 2.42. The summed E-state index contributed by atoms with van der Waals surface area (Å²) in [5.41, 5.74) is 9.65. The summed E-state index contributed by atoms with van der Waals surface area (Å²) < 4.78 is 0. The fraction of sp³-hybridized carbons (Fsp3) is 0.0625. The normalized spacial score (nSPS) is 10.5. The number of nitrogen functional groups attached to an aromatic ring is 1. The number of nitriles is 1. The second-order valence-electron chi connectivity index (χ2n) is 4.53. The molecular weight excluding hydrogens is 234 g/mol. The first-order chi connectivity index (χ1) is 9.29. The number of anilines is 1. The monoisotopic (exact) mass is 247 g/mol. The molecule has 3 rings (SSSR count). The summed E-state index contributed by atoms with van der Waals surface area (Å²) in [7, 11) is 0. The summed E-state index contributed by atoms with van der Waals surface area (Å²) in [4.78, 5) is 3.06. The predicted molar refractivity (Wildman–Crippen MR) is 76.7 cm³/mol. The molecule has 3 N–H and O–H groups in total. The number of nitrogens with zero attached hydrogens (tertiary/aromatic N) is 1. The van der Waals surface area contributed by atoms with Crippen LogP contribution < -0.4 is 5.73 Å². The van der Waals surface area contributed by atoms with Gasteiger partial charge in [0.1, 0.15) is 17.5 Å². The van der Waals surface area contributed by atoms with Crippen LogP contribution in [0.3, 0.4) is 0 Å². The van der Waals surface area contributed by atoms with Gasteiger partial charge >= 0.3 is 0 Å². The summed E-state index contributed by atoms with van der Waals surface area (Å²) in [5.74, 6) is 0.443. The smallest absolute Gasteiger partial charge is 0.119 e. The van der Waals surface area contributed by atoms with Crippen molar-refractivity contribution in [3.05, 3.63) is 65.2 Å². The van der Waals surface area contributed by atoms with Gasteiger partial charge in [-0.05, 0) is 23.6 Å². The van der Waals surface area contributed by atoms with Gasteiger partial charge in [0.15, 0.2) is 0 Å². The molecule has 0 saturated heterocycles. The molecule has 1 aromatic heterocycles. The van der Waals surface area contributed by atoms with Crippen LogP contribution in [-0.2, 0) is 6.42 Å². The van der Waals surface area contributed by atoms with E-state index in [-0.39, 0.29) is 0 Å². The van der Waals surface area contributed by atoms with Crippen LogP contribution in [0.15, 0.2) is 48.5 Å². The molecule has 0 aliphatic rings. The van der Waals surface area contributed by atoms with Crippen LogP contribution in [0.2, 0.25) is 0 Å². The first kappa shape index (κ1) is 11.4. The van der Waals surface area contributed by atoms with Crippen LogP contribution in [0.5, 0.6) is 0 Å². The lowest BCUT2D eigenvalue weighted by Crippen LogP contribution is -1.90. The quantitative estimate of drug-likeness (QED) is 0.730. The van der Waals surface area contributed by atoms with E-state index < -0.39 is 0 Å². The molecule has 0 unspecified atom stereocenters. The van der Waals surface area contributed by atoms with E-state index in [1.54, 1.807) is 0 Å². The number of aromatic amines is 1. The average molecular weight is 247 g/mol. The van der Waals surface area contributed by atoms with Crippen molar-refractivity contribution in [2.75, 3.05) is 5.73 Å². The van der Waals surface area contributed by atoms with Gasteiger partial charge in [0, 0.05) is 10.9 Å². The van der Waals surface area contributed by atoms with Crippen LogP contribution in [0.25, 0.3) is 10.9 Å². The van der Waals surface area contributed by atoms with E-state index >= 15 is 0 Å². The maximum absolute atomic E-state index is 9.25. The minimum atomic E-state index is 0.443. The molecule has 0 bridgehead atoms. The van der Waals surface area contributed by atoms with E-state index in [0.29, 0.717) is 11.4 Å². The summed E-state index contributed by atoms with van der Waals surface area (Å²) in [6.07, 6.45) is 0.796. The Labute approximate surface area is 111 Å². The standard InChI is InChI=1S/C16H13N3/c17-10-13-15-12(9-11-5-2-1-3-6-11)7-4-8-14(15)19-16(13)18/h1-8,19H,9,18H2. The van der Waals surface area contributed by atoms with Crippen molar-refractivity contribution in [2.45, 2.75) is 6.42 Å². The van der Waals surface area contributed by atoms with E-state index in [0.717, 1.165) is 22.9 Å². The lowest BCUT2D eigenvalue weighted by molar-refractivity contribution is 1.21. The van der Waals surface area contributed by atoms with Crippen LogP contribution in [0.4, 0.5) is 5.82 Å². The Morgan fingerprint density at radius 1 is 1.05 bits per heavy atom. The lowest BCUT2D eigenvalue weighted by atomic mass is 9.99. The zero-order valence-electron chi connectivity index (χ0n) is 10.4. The second kappa shape index (κ2) is 4.51. The lowest BCUT2D eigenvalue weighted by Gasteiger charge is -2.04. The average Bonchev–Trinajstić information content (AvgIpc) is 2.76. The zero-order chi connectivity index (χ0) is 13.2. The molecule has 19 heavy (non-hydrogen) atoms. The first-order valence-electron chi connectivity index (χ1n) is 6.12. The molecule has 0 spiro atoms. The molecule has 0 atom stereocenters. The molecule has 0 amide bonds. The summed E-state index contributed by atoms with van der Waals surface area (Å²) in [6.45, 7) is 0. The summed E-state index contributed by atoms with van der Waals surface area (Å²) >= 11 is 0. The molecule has 0 saturated carbocycles. The number of nitrogens with two attached hydrogens (primary N) is 1. The third kappa shape index (κ3) is 1.94. The highest BCUT2D eigenvalue weighted by molar-refractivity contribution is 5.93. The fourth-order valence-corrected chi connectivity index (χ4v) is 2.42. The molecule has 0 radical (unpaired) electrons. The van der Waals surface area contributed by atoms with Crippen LogP contribution in [-0.4, -0.2) is 4.98 Å². The molecular formula is C16H13N3. The highest BCUT2D eigenvalue weighted by Crippen LogP contribution is 2.28. The van der Waals surface area contributed by atoms with Crippen molar-refractivity contribution in [1.29, 1.82) is 5.26 Å². The van der Waals surface area contributed by atoms with Gasteiger partial charge in [-0.1, -0.05) is 42.5 Å². The van der Waals surface area contributed by atoms with Gasteiger partial charge in [-0.2, -0.15) is 5.26 Å². The van der Waals surface area contributed by atoms with Gasteiger partial charge in [-0.3, -0.25) is 0 Å². The Hall–Kier alpha value is -2.73. The predicted octanol–water partition coefficient (Wildman–Crippen LogP) is 3.21. The third-order valence-corrected chi connectivity index (χ3v) is 3.29. The zero-order valence-corrected chi connectivity index (χ0v) is 10.4. The molecule has 3 aromatic rings. The van der Waals surface area contributed by atoms with E-state index in [2.05, 4.69) is 23.2 Å². The Bertz CT molecular complexity index is 764. The van der Waals surface area contributed by atoms with Gasteiger partial charge < -0.3 is 10.7 Å². The van der Waals surface area contributed by atoms with Crippen LogP contribution >= 0.6 is 0 Å². The van der Waals surface area contributed by atoms with E-state index in [9.17, 15) is 5.26 Å². The van der Waals surface area contributed by atoms with Crippen LogP contribution in [0.1, 0.15) is 16.7 Å². The maximum atomic E-state index is 9.25. The highest BCUT2D eigenvalue weighted by Gasteiger charge is 2.12. The van der Waals surface area contributed by atoms with Crippen molar-refractivity contribution in [3.63, 3.8) is 0 Å². The molecule has 3 nitrogen and oxygen atoms in total. The second-order valence-corrected chi connectivity index (χ2v) is 4.53. The van der Waals surface area contributed by atoms with Gasteiger partial charge in [0.25, 0.3) is 0 Å². The minimum absolute atomic E-state index is 0.443. The molecule has 0 aliphatic carbocycles. The van der Waals surface area contributed by atoms with E-state index in [1.165, 1.54) is 5.56 Å². The van der Waals surface area contributed by atoms with Gasteiger partial charge in [0.2, 0.25) is 0 Å². The number of fused-ring (bicyclic) bond motifs is 1. The van der Waals surface area contributed by atoms with Gasteiger partial charge in [-0.25, -0.2) is 0 Å². The van der Waals surface area contributed by atoms with Crippen molar-refractivity contribution < 1.29 is 0 Å². The summed E-state index contributed by atoms with van der Waals surface area (Å²) in [6, 6.07) is 18.4. The minimum Gasteiger partial charge on any atom is -0.384 e. The largest absolute Gasteiger partial charge is 0.384 e. The van der Waals surface area contributed by atoms with Crippen molar-refractivity contribution in [2.24, 2.45) is 0 Å². The first-order valence-corrected chi connectivity index (χ1v) is 6.12. The number of hydrogen-bond donors (Lipinski definition) is 2. The van der Waals surface area contributed by atoms with Crippen molar-refractivity contribution in [3.8, 4) is 6.07 Å². The number of H-pyrrole nitrogens is 1. The number of nitrogens with one attached hydrogen (secondary N) is 1. The number of rotatable bonds is 2. The number of aromatic nitrogens is 1. The van der Waals surface area contributed by atoms with E-state index in [1.807, 2.05) is 36.4 Å². The maximum Gasteiger partial charge on any atom is 0.119 e. The molecule has 2 aromatic carbocycles. The third-order valence-electron chi connectivity index (χ3n) is 3.29. The van der Waals surface area contributed by atoms with Crippen molar-refractivity contribution >= 4 is 16.7 Å². The van der Waals surface area contributed by atoms with Crippen LogP contribution in [0, 0.1) is 11.3 Å². The molecule has 0 aliphatic heterocycles.